The fourth-order valence-corrected chi connectivity index (χ4v) is 2.90. The molecule has 0 fully saturated rings. The fourth-order valence-electron chi connectivity index (χ4n) is 2.90. The summed E-state index contributed by atoms with van der Waals surface area (Å²) >= 11 is 0. The molecule has 0 saturated carbocycles. The van der Waals surface area contributed by atoms with Gasteiger partial charge >= 0.3 is 0 Å². The summed E-state index contributed by atoms with van der Waals surface area (Å²) in [6.45, 7) is 0.0104. The number of hydrogen-bond acceptors (Lipinski definition) is 3. The zero-order valence-corrected chi connectivity index (χ0v) is 15.8. The summed E-state index contributed by atoms with van der Waals surface area (Å²) in [6.07, 6.45) is 0. The number of amides is 1. The molecule has 3 rings (SSSR count). The van der Waals surface area contributed by atoms with Crippen LogP contribution < -0.4 is 11.1 Å². The molecule has 0 spiro atoms. The van der Waals surface area contributed by atoms with E-state index in [1.165, 1.54) is 12.1 Å². The molecule has 3 aromatic rings. The molecule has 0 aliphatic carbocycles. The predicted octanol–water partition coefficient (Wildman–Crippen LogP) is 3.56. The molecule has 0 heterocycles. The third kappa shape index (κ3) is 5.90. The average Bonchev–Trinajstić information content (AvgIpc) is 2.75. The minimum atomic E-state index is -0.346. The number of nitrogens with one attached hydrogen (secondary N) is 1. The van der Waals surface area contributed by atoms with Crippen molar-refractivity contribution in [3.63, 3.8) is 0 Å². The molecule has 0 saturated heterocycles. The minimum absolute atomic E-state index is 0.258. The van der Waals surface area contributed by atoms with E-state index in [1.807, 2.05) is 60.7 Å². The van der Waals surface area contributed by atoms with Crippen molar-refractivity contribution in [3.05, 3.63) is 107 Å². The largest absolute Gasteiger partial charge is 0.384 e. The first kappa shape index (κ1) is 20.1. The van der Waals surface area contributed by atoms with Crippen LogP contribution in [0.5, 0.6) is 0 Å². The minimum Gasteiger partial charge on any atom is -0.384 e. The molecule has 1 amide bonds. The number of nitrogens with two attached hydrogens (primary N) is 1. The first-order chi connectivity index (χ1) is 14.1. The maximum absolute atomic E-state index is 12.9. The van der Waals surface area contributed by atoms with Crippen molar-refractivity contribution >= 4 is 11.7 Å². The van der Waals surface area contributed by atoms with Crippen molar-refractivity contribution < 1.29 is 14.0 Å². The van der Waals surface area contributed by atoms with Crippen LogP contribution in [0.2, 0.25) is 0 Å². The lowest BCUT2D eigenvalue weighted by molar-refractivity contribution is -0.125. The van der Waals surface area contributed by atoms with E-state index in [-0.39, 0.29) is 36.6 Å². The Morgan fingerprint density at radius 3 is 2.03 bits per heavy atom. The molecule has 0 unspecified atom stereocenters. The van der Waals surface area contributed by atoms with Gasteiger partial charge in [-0.15, -0.1) is 0 Å². The Bertz CT molecular complexity index is 905. The molecule has 0 atom stereocenters. The number of halogens is 1. The summed E-state index contributed by atoms with van der Waals surface area (Å²) in [6, 6.07) is 25.4. The van der Waals surface area contributed by atoms with Gasteiger partial charge in [0.15, 0.2) is 12.4 Å². The Morgan fingerprint density at radius 1 is 0.931 bits per heavy atom. The molecule has 6 heteroatoms. The van der Waals surface area contributed by atoms with Gasteiger partial charge in [-0.25, -0.2) is 4.39 Å². The first-order valence-electron chi connectivity index (χ1n) is 9.20. The van der Waals surface area contributed by atoms with E-state index in [0.717, 1.165) is 16.7 Å². The Labute approximate surface area is 169 Å². The average molecular weight is 391 g/mol. The molecule has 3 N–H and O–H groups in total. The molecule has 29 heavy (non-hydrogen) atoms. The summed E-state index contributed by atoms with van der Waals surface area (Å²) < 4.78 is 12.9. The van der Waals surface area contributed by atoms with Crippen LogP contribution in [0.15, 0.2) is 90.1 Å². The van der Waals surface area contributed by atoms with Crippen molar-refractivity contribution in [3.8, 4) is 0 Å². The number of rotatable bonds is 8. The number of benzene rings is 3. The third-order valence-corrected chi connectivity index (χ3v) is 4.33. The Kier molecular flexibility index (Phi) is 6.95. The summed E-state index contributed by atoms with van der Waals surface area (Å²) in [5, 5.41) is 6.66. The number of carbonyl (C=O) groups is 1. The van der Waals surface area contributed by atoms with E-state index in [1.54, 1.807) is 12.1 Å². The topological polar surface area (TPSA) is 76.7 Å². The maximum atomic E-state index is 12.9. The van der Waals surface area contributed by atoms with Crippen LogP contribution in [0.4, 0.5) is 4.39 Å². The van der Waals surface area contributed by atoms with Crippen LogP contribution in [0.25, 0.3) is 0 Å². The SMILES string of the molecule is N/C(=N/OCC(=O)NCc1ccc(F)cc1)C(c1ccccc1)c1ccccc1. The van der Waals surface area contributed by atoms with Gasteiger partial charge in [0, 0.05) is 6.54 Å². The maximum Gasteiger partial charge on any atom is 0.261 e. The van der Waals surface area contributed by atoms with Crippen molar-refractivity contribution in [2.45, 2.75) is 12.5 Å². The van der Waals surface area contributed by atoms with Gasteiger partial charge in [-0.3, -0.25) is 4.79 Å². The predicted molar refractivity (Wildman–Crippen MR) is 111 cm³/mol. The van der Waals surface area contributed by atoms with Crippen LogP contribution >= 0.6 is 0 Å². The zero-order chi connectivity index (χ0) is 20.5. The van der Waals surface area contributed by atoms with Crippen molar-refractivity contribution in [2.75, 3.05) is 6.61 Å². The smallest absolute Gasteiger partial charge is 0.261 e. The molecule has 5 nitrogen and oxygen atoms in total. The number of amidine groups is 1. The second-order valence-corrected chi connectivity index (χ2v) is 6.45. The standard InChI is InChI=1S/C23H22FN3O2/c24-20-13-11-17(12-14-20)15-26-21(28)16-29-27-23(25)22(18-7-3-1-4-8-18)19-9-5-2-6-10-19/h1-14,22H,15-16H2,(H2,25,27)(H,26,28). The van der Waals surface area contributed by atoms with Crippen LogP contribution in [0, 0.1) is 5.82 Å². The van der Waals surface area contributed by atoms with Gasteiger partial charge in [0.25, 0.3) is 5.91 Å². The lowest BCUT2D eigenvalue weighted by atomic mass is 9.90. The molecule has 0 bridgehead atoms. The Balaban J connectivity index is 1.60. The number of carbonyl (C=O) groups excluding carboxylic acids is 1. The first-order valence-corrected chi connectivity index (χ1v) is 9.20. The van der Waals surface area contributed by atoms with Crippen molar-refractivity contribution in [2.24, 2.45) is 10.9 Å². The molecule has 0 aliphatic heterocycles. The van der Waals surface area contributed by atoms with Crippen molar-refractivity contribution in [1.29, 1.82) is 0 Å². The Hall–Kier alpha value is -3.67. The van der Waals surface area contributed by atoms with Crippen molar-refractivity contribution in [1.82, 2.24) is 5.32 Å². The van der Waals surface area contributed by atoms with Crippen LogP contribution in [0.3, 0.4) is 0 Å². The fraction of sp³-hybridized carbons (Fsp3) is 0.130. The third-order valence-electron chi connectivity index (χ3n) is 4.33. The Morgan fingerprint density at radius 2 is 1.48 bits per heavy atom. The van der Waals surface area contributed by atoms with E-state index in [4.69, 9.17) is 10.6 Å². The van der Waals surface area contributed by atoms with Crippen LogP contribution in [0.1, 0.15) is 22.6 Å². The summed E-state index contributed by atoms with van der Waals surface area (Å²) in [7, 11) is 0. The molecule has 3 aromatic carbocycles. The van der Waals surface area contributed by atoms with Crippen LogP contribution in [-0.2, 0) is 16.2 Å². The summed E-state index contributed by atoms with van der Waals surface area (Å²) in [4.78, 5) is 17.1. The van der Waals surface area contributed by atoms with E-state index in [9.17, 15) is 9.18 Å². The molecule has 0 aromatic heterocycles. The monoisotopic (exact) mass is 391 g/mol. The van der Waals surface area contributed by atoms with Gasteiger partial charge in [-0.1, -0.05) is 78.0 Å². The summed E-state index contributed by atoms with van der Waals surface area (Å²) in [5.41, 5.74) is 8.95. The second-order valence-electron chi connectivity index (χ2n) is 6.45. The highest BCUT2D eigenvalue weighted by atomic mass is 19.1. The molecule has 0 aliphatic rings. The number of nitrogens with zero attached hydrogens (tertiary/aromatic N) is 1. The molecule has 148 valence electrons. The highest BCUT2D eigenvalue weighted by Gasteiger charge is 2.19. The number of hydrogen-bond donors (Lipinski definition) is 2. The number of oxime groups is 1. The van der Waals surface area contributed by atoms with Gasteiger partial charge in [-0.2, -0.15) is 0 Å². The van der Waals surface area contributed by atoms with Gasteiger partial charge in [0.1, 0.15) is 5.82 Å². The quantitative estimate of drug-likeness (QED) is 0.350. The van der Waals surface area contributed by atoms with E-state index in [0.29, 0.717) is 0 Å². The zero-order valence-electron chi connectivity index (χ0n) is 15.8. The highest BCUT2D eigenvalue weighted by Crippen LogP contribution is 2.24. The van der Waals surface area contributed by atoms with E-state index in [2.05, 4.69) is 10.5 Å². The molecular weight excluding hydrogens is 369 g/mol. The molecular formula is C23H22FN3O2. The molecule has 0 radical (unpaired) electrons. The normalized spacial score (nSPS) is 11.3. The van der Waals surface area contributed by atoms with Gasteiger partial charge < -0.3 is 15.9 Å². The van der Waals surface area contributed by atoms with Gasteiger partial charge in [-0.05, 0) is 28.8 Å². The van der Waals surface area contributed by atoms with Crippen LogP contribution in [-0.4, -0.2) is 18.3 Å². The van der Waals surface area contributed by atoms with Gasteiger partial charge in [0.05, 0.1) is 5.92 Å². The summed E-state index contributed by atoms with van der Waals surface area (Å²) in [5.74, 6) is -0.685. The lowest BCUT2D eigenvalue weighted by Gasteiger charge is -2.17. The van der Waals surface area contributed by atoms with E-state index >= 15 is 0 Å². The van der Waals surface area contributed by atoms with Gasteiger partial charge in [0.2, 0.25) is 0 Å². The highest BCUT2D eigenvalue weighted by molar-refractivity contribution is 5.90. The van der Waals surface area contributed by atoms with E-state index < -0.39 is 0 Å². The second kappa shape index (κ2) is 10.0. The lowest BCUT2D eigenvalue weighted by Crippen LogP contribution is -2.28.